The van der Waals surface area contributed by atoms with Crippen LogP contribution in [0.4, 0.5) is 4.39 Å². The zero-order valence-corrected chi connectivity index (χ0v) is 9.96. The van der Waals surface area contributed by atoms with Gasteiger partial charge >= 0.3 is 0 Å². The fraction of sp³-hybridized carbons (Fsp3) is 0.500. The van der Waals surface area contributed by atoms with Crippen molar-refractivity contribution in [2.24, 2.45) is 5.84 Å². The van der Waals surface area contributed by atoms with Gasteiger partial charge in [-0.05, 0) is 26.3 Å². The molecule has 0 aliphatic carbocycles. The maximum Gasteiger partial charge on any atom is 0.128 e. The van der Waals surface area contributed by atoms with Gasteiger partial charge in [0.1, 0.15) is 5.82 Å². The van der Waals surface area contributed by atoms with Crippen LogP contribution >= 0.6 is 0 Å². The second kappa shape index (κ2) is 5.94. The summed E-state index contributed by atoms with van der Waals surface area (Å²) in [6, 6.07) is 4.79. The van der Waals surface area contributed by atoms with E-state index in [-0.39, 0.29) is 18.0 Å². The van der Waals surface area contributed by atoms with Gasteiger partial charge in [0.05, 0.1) is 12.1 Å². The molecule has 0 radical (unpaired) electrons. The molecule has 1 aromatic carbocycles. The Morgan fingerprint density at radius 2 is 2.19 bits per heavy atom. The first-order valence-corrected chi connectivity index (χ1v) is 5.33. The Balaban J connectivity index is 2.89. The Morgan fingerprint density at radius 1 is 1.50 bits per heavy atom. The Kier molecular flexibility index (Phi) is 4.86. The molecule has 0 saturated carbocycles. The third-order valence-corrected chi connectivity index (χ3v) is 2.70. The van der Waals surface area contributed by atoms with Gasteiger partial charge in [-0.15, -0.1) is 0 Å². The Hall–Kier alpha value is -0.970. The third kappa shape index (κ3) is 3.27. The Bertz CT molecular complexity index is 344. The summed E-state index contributed by atoms with van der Waals surface area (Å²) >= 11 is 0. The molecule has 1 aromatic rings. The van der Waals surface area contributed by atoms with Gasteiger partial charge in [0.2, 0.25) is 0 Å². The van der Waals surface area contributed by atoms with E-state index in [0.717, 1.165) is 5.56 Å². The number of halogens is 1. The predicted molar refractivity (Wildman–Crippen MR) is 62.3 cm³/mol. The van der Waals surface area contributed by atoms with Crippen molar-refractivity contribution in [3.8, 4) is 0 Å². The maximum absolute atomic E-state index is 13.6. The Morgan fingerprint density at radius 3 is 2.75 bits per heavy atom. The van der Waals surface area contributed by atoms with Crippen LogP contribution in [0.15, 0.2) is 18.2 Å². The van der Waals surface area contributed by atoms with Crippen molar-refractivity contribution in [1.29, 1.82) is 0 Å². The lowest BCUT2D eigenvalue weighted by Crippen LogP contribution is -2.31. The molecule has 0 heterocycles. The van der Waals surface area contributed by atoms with Crippen molar-refractivity contribution >= 4 is 0 Å². The molecule has 0 aliphatic rings. The van der Waals surface area contributed by atoms with Crippen molar-refractivity contribution in [1.82, 2.24) is 5.43 Å². The molecule has 2 atom stereocenters. The average Bonchev–Trinajstić information content (AvgIpc) is 2.29. The van der Waals surface area contributed by atoms with Gasteiger partial charge in [-0.3, -0.25) is 11.3 Å². The molecule has 3 nitrogen and oxygen atoms in total. The van der Waals surface area contributed by atoms with E-state index >= 15 is 0 Å². The van der Waals surface area contributed by atoms with E-state index in [9.17, 15) is 4.39 Å². The summed E-state index contributed by atoms with van der Waals surface area (Å²) in [5.74, 6) is 5.22. The minimum absolute atomic E-state index is 0.0287. The zero-order chi connectivity index (χ0) is 12.1. The van der Waals surface area contributed by atoms with E-state index in [1.807, 2.05) is 19.9 Å². The zero-order valence-electron chi connectivity index (χ0n) is 9.96. The van der Waals surface area contributed by atoms with E-state index in [2.05, 4.69) is 5.43 Å². The van der Waals surface area contributed by atoms with Crippen LogP contribution in [0.2, 0.25) is 0 Å². The van der Waals surface area contributed by atoms with Crippen LogP contribution < -0.4 is 11.3 Å². The van der Waals surface area contributed by atoms with Crippen LogP contribution in [-0.4, -0.2) is 13.2 Å². The molecule has 0 spiro atoms. The third-order valence-electron chi connectivity index (χ3n) is 2.70. The van der Waals surface area contributed by atoms with Crippen LogP contribution in [0.5, 0.6) is 0 Å². The van der Waals surface area contributed by atoms with Crippen LogP contribution in [0.3, 0.4) is 0 Å². The second-order valence-electron chi connectivity index (χ2n) is 4.03. The number of hydrogen-bond acceptors (Lipinski definition) is 3. The van der Waals surface area contributed by atoms with Crippen molar-refractivity contribution < 1.29 is 9.13 Å². The van der Waals surface area contributed by atoms with E-state index in [4.69, 9.17) is 10.6 Å². The number of rotatable bonds is 5. The summed E-state index contributed by atoms with van der Waals surface area (Å²) in [6.07, 6.45) is 0.661. The van der Waals surface area contributed by atoms with Gasteiger partial charge in [0.25, 0.3) is 0 Å². The first-order chi connectivity index (χ1) is 7.58. The number of ether oxygens (including phenoxy) is 1. The molecule has 1 rings (SSSR count). The van der Waals surface area contributed by atoms with Gasteiger partial charge in [-0.25, -0.2) is 4.39 Å². The van der Waals surface area contributed by atoms with Crippen molar-refractivity contribution in [3.63, 3.8) is 0 Å². The summed E-state index contributed by atoms with van der Waals surface area (Å²) in [6.45, 7) is 3.86. The molecule has 0 amide bonds. The number of benzene rings is 1. The standard InChI is InChI=1S/C12H19FN2O/c1-8-4-5-11(13)10(6-8)12(15-14)7-9(2)16-3/h4-6,9,12,15H,7,14H2,1-3H3. The van der Waals surface area contributed by atoms with E-state index < -0.39 is 0 Å². The van der Waals surface area contributed by atoms with E-state index in [0.29, 0.717) is 12.0 Å². The lowest BCUT2D eigenvalue weighted by atomic mass is 9.99. The highest BCUT2D eigenvalue weighted by atomic mass is 19.1. The molecule has 4 heteroatoms. The number of hydrazine groups is 1. The first kappa shape index (κ1) is 13.1. The molecule has 0 aliphatic heterocycles. The van der Waals surface area contributed by atoms with Gasteiger partial charge < -0.3 is 4.74 Å². The quantitative estimate of drug-likeness (QED) is 0.597. The van der Waals surface area contributed by atoms with Crippen molar-refractivity contribution in [2.75, 3.05) is 7.11 Å². The highest BCUT2D eigenvalue weighted by Gasteiger charge is 2.17. The minimum atomic E-state index is -0.239. The summed E-state index contributed by atoms with van der Waals surface area (Å²) in [4.78, 5) is 0. The van der Waals surface area contributed by atoms with Crippen LogP contribution in [0.1, 0.15) is 30.5 Å². The molecule has 16 heavy (non-hydrogen) atoms. The monoisotopic (exact) mass is 226 g/mol. The summed E-state index contributed by atoms with van der Waals surface area (Å²) < 4.78 is 18.8. The van der Waals surface area contributed by atoms with Gasteiger partial charge in [0, 0.05) is 12.7 Å². The molecule has 3 N–H and O–H groups in total. The number of nitrogens with two attached hydrogens (primary N) is 1. The summed E-state index contributed by atoms with van der Waals surface area (Å²) in [5, 5.41) is 0. The van der Waals surface area contributed by atoms with Crippen LogP contribution in [-0.2, 0) is 4.74 Å². The molecular formula is C12H19FN2O. The molecule has 2 unspecified atom stereocenters. The molecular weight excluding hydrogens is 207 g/mol. The van der Waals surface area contributed by atoms with Crippen LogP contribution in [0, 0.1) is 12.7 Å². The Labute approximate surface area is 95.8 Å². The van der Waals surface area contributed by atoms with E-state index in [1.54, 1.807) is 13.2 Å². The average molecular weight is 226 g/mol. The molecule has 90 valence electrons. The highest BCUT2D eigenvalue weighted by molar-refractivity contribution is 5.26. The molecule has 0 fully saturated rings. The number of nitrogens with one attached hydrogen (secondary N) is 1. The summed E-state index contributed by atoms with van der Waals surface area (Å²) in [5.41, 5.74) is 4.24. The van der Waals surface area contributed by atoms with Crippen molar-refractivity contribution in [3.05, 3.63) is 35.1 Å². The highest BCUT2D eigenvalue weighted by Crippen LogP contribution is 2.22. The summed E-state index contributed by atoms with van der Waals surface area (Å²) in [7, 11) is 1.63. The fourth-order valence-electron chi connectivity index (χ4n) is 1.64. The normalized spacial score (nSPS) is 14.8. The van der Waals surface area contributed by atoms with Crippen LogP contribution in [0.25, 0.3) is 0 Å². The fourth-order valence-corrected chi connectivity index (χ4v) is 1.64. The smallest absolute Gasteiger partial charge is 0.128 e. The molecule has 0 bridgehead atoms. The lowest BCUT2D eigenvalue weighted by Gasteiger charge is -2.20. The van der Waals surface area contributed by atoms with E-state index in [1.165, 1.54) is 6.07 Å². The SMILES string of the molecule is COC(C)CC(NN)c1cc(C)ccc1F. The number of hydrogen-bond donors (Lipinski definition) is 2. The van der Waals surface area contributed by atoms with Gasteiger partial charge in [0.15, 0.2) is 0 Å². The van der Waals surface area contributed by atoms with Crippen molar-refractivity contribution in [2.45, 2.75) is 32.4 Å². The van der Waals surface area contributed by atoms with Gasteiger partial charge in [-0.1, -0.05) is 17.7 Å². The maximum atomic E-state index is 13.6. The topological polar surface area (TPSA) is 47.3 Å². The lowest BCUT2D eigenvalue weighted by molar-refractivity contribution is 0.0999. The first-order valence-electron chi connectivity index (χ1n) is 5.33. The minimum Gasteiger partial charge on any atom is -0.382 e. The molecule has 0 aromatic heterocycles. The number of aryl methyl sites for hydroxylation is 1. The van der Waals surface area contributed by atoms with Gasteiger partial charge in [-0.2, -0.15) is 0 Å². The largest absolute Gasteiger partial charge is 0.382 e. The molecule has 0 saturated heterocycles. The predicted octanol–water partition coefficient (Wildman–Crippen LogP) is 2.06. The number of methoxy groups -OCH3 is 1. The second-order valence-corrected chi connectivity index (χ2v) is 4.03.